The lowest BCUT2D eigenvalue weighted by Gasteiger charge is -2.31. The quantitative estimate of drug-likeness (QED) is 0.652. The molecule has 1 N–H and O–H groups in total. The number of aryl methyl sites for hydroxylation is 1. The highest BCUT2D eigenvalue weighted by Gasteiger charge is 2.29. The molecule has 2 aromatic carbocycles. The summed E-state index contributed by atoms with van der Waals surface area (Å²) in [5, 5.41) is 10.7. The van der Waals surface area contributed by atoms with Crippen LogP contribution in [0.4, 0.5) is 5.82 Å². The number of nitriles is 1. The average Bonchev–Trinajstić information content (AvgIpc) is 2.82. The van der Waals surface area contributed by atoms with Crippen LogP contribution in [-0.4, -0.2) is 51.2 Å². The van der Waals surface area contributed by atoms with Crippen LogP contribution < -0.4 is 19.4 Å². The molecule has 0 aliphatic carbocycles. The highest BCUT2D eigenvalue weighted by Crippen LogP contribution is 2.25. The number of carbonyl (C=O) groups excluding carboxylic acids is 1. The van der Waals surface area contributed by atoms with Gasteiger partial charge in [0, 0.05) is 17.0 Å². The monoisotopic (exact) mass is 417 g/mol. The molecular formula is C24H25N4O3+. The molecule has 0 atom stereocenters. The first-order valence-corrected chi connectivity index (χ1v) is 10.2. The maximum Gasteiger partial charge on any atom is 0.293 e. The minimum Gasteiger partial charge on any atom is -0.497 e. The second kappa shape index (κ2) is 8.52. The van der Waals surface area contributed by atoms with E-state index in [4.69, 9.17) is 9.47 Å². The van der Waals surface area contributed by atoms with E-state index in [1.807, 2.05) is 30.0 Å². The number of piperazine rings is 1. The number of nitrogens with zero attached hydrogens (tertiary/aromatic N) is 3. The van der Waals surface area contributed by atoms with Gasteiger partial charge in [-0.1, -0.05) is 12.1 Å². The number of carbonyl (C=O) groups is 1. The van der Waals surface area contributed by atoms with E-state index in [0.29, 0.717) is 48.8 Å². The largest absolute Gasteiger partial charge is 0.497 e. The van der Waals surface area contributed by atoms with Crippen LogP contribution in [0, 0.1) is 18.3 Å². The third kappa shape index (κ3) is 4.10. The van der Waals surface area contributed by atoms with Crippen molar-refractivity contribution < 1.29 is 19.3 Å². The number of ether oxygens (including phenoxy) is 2. The Kier molecular flexibility index (Phi) is 5.63. The van der Waals surface area contributed by atoms with Gasteiger partial charge < -0.3 is 14.4 Å². The number of aromatic nitrogens is 1. The summed E-state index contributed by atoms with van der Waals surface area (Å²) in [6.07, 6.45) is 0. The number of methoxy groups -OCH3 is 2. The van der Waals surface area contributed by atoms with Crippen LogP contribution in [0.2, 0.25) is 0 Å². The summed E-state index contributed by atoms with van der Waals surface area (Å²) in [7, 11) is 3.13. The molecule has 4 rings (SSSR count). The Morgan fingerprint density at radius 1 is 1.00 bits per heavy atom. The summed E-state index contributed by atoms with van der Waals surface area (Å²) < 4.78 is 10.6. The number of fused-ring (bicyclic) bond motifs is 1. The standard InChI is InChI=1S/C24H24N4O3/c1-16-4-5-17-11-19(15-25)23(26-22(17)10-16)27-6-8-28(9-7-27)24(29)18-12-20(30-2)14-21(13-18)31-3/h4-5,10-14H,6-9H2,1-3H3/p+1. The van der Waals surface area contributed by atoms with Crippen molar-refractivity contribution in [3.63, 3.8) is 0 Å². The first kappa shape index (κ1) is 20.5. The van der Waals surface area contributed by atoms with E-state index in [2.05, 4.69) is 22.0 Å². The lowest BCUT2D eigenvalue weighted by atomic mass is 10.1. The number of anilines is 1. The topological polar surface area (TPSA) is 79.9 Å². The van der Waals surface area contributed by atoms with Gasteiger partial charge in [-0.2, -0.15) is 5.26 Å². The SMILES string of the molecule is COc1cc(OC)cc(C(=O)N2CCN(c3[nH+]c4cc(C)ccc4cc3C#N)CC2)c1. The fourth-order valence-corrected chi connectivity index (χ4v) is 3.90. The Balaban J connectivity index is 1.54. The Hall–Kier alpha value is -3.79. The summed E-state index contributed by atoms with van der Waals surface area (Å²) >= 11 is 0. The molecule has 1 aromatic heterocycles. The number of H-pyrrole nitrogens is 1. The van der Waals surface area contributed by atoms with E-state index in [0.717, 1.165) is 22.3 Å². The summed E-state index contributed by atoms with van der Waals surface area (Å²) in [6, 6.07) is 15.6. The van der Waals surface area contributed by atoms with Crippen molar-refractivity contribution in [2.75, 3.05) is 45.3 Å². The molecule has 3 aromatic rings. The van der Waals surface area contributed by atoms with Crippen LogP contribution in [0.3, 0.4) is 0 Å². The summed E-state index contributed by atoms with van der Waals surface area (Å²) in [5.41, 5.74) is 3.29. The second-order valence-corrected chi connectivity index (χ2v) is 7.61. The molecule has 1 aliphatic rings. The lowest BCUT2D eigenvalue weighted by Crippen LogP contribution is -2.50. The Labute approximate surface area is 181 Å². The first-order valence-electron chi connectivity index (χ1n) is 10.2. The summed E-state index contributed by atoms with van der Waals surface area (Å²) in [5.74, 6) is 1.91. The van der Waals surface area contributed by atoms with E-state index in [1.165, 1.54) is 0 Å². The number of amides is 1. The predicted octanol–water partition coefficient (Wildman–Crippen LogP) is 2.81. The van der Waals surface area contributed by atoms with Crippen LogP contribution in [0.15, 0.2) is 42.5 Å². The minimum absolute atomic E-state index is 0.0597. The van der Waals surface area contributed by atoms with E-state index in [1.54, 1.807) is 32.4 Å². The van der Waals surface area contributed by atoms with Gasteiger partial charge in [0.2, 0.25) is 0 Å². The molecule has 1 aliphatic heterocycles. The number of benzene rings is 2. The minimum atomic E-state index is -0.0597. The van der Waals surface area contributed by atoms with Crippen LogP contribution >= 0.6 is 0 Å². The molecule has 0 saturated carbocycles. The lowest BCUT2D eigenvalue weighted by molar-refractivity contribution is -0.331. The zero-order valence-corrected chi connectivity index (χ0v) is 17.9. The Bertz CT molecular complexity index is 1160. The van der Waals surface area contributed by atoms with Crippen molar-refractivity contribution >= 4 is 22.6 Å². The van der Waals surface area contributed by atoms with E-state index in [9.17, 15) is 10.1 Å². The van der Waals surface area contributed by atoms with Gasteiger partial charge >= 0.3 is 0 Å². The van der Waals surface area contributed by atoms with Crippen molar-refractivity contribution in [2.24, 2.45) is 0 Å². The normalized spacial score (nSPS) is 13.7. The zero-order chi connectivity index (χ0) is 22.0. The third-order valence-corrected chi connectivity index (χ3v) is 5.62. The fraction of sp³-hybridized carbons (Fsp3) is 0.292. The molecule has 0 unspecified atom stereocenters. The number of hydrogen-bond donors (Lipinski definition) is 0. The van der Waals surface area contributed by atoms with Gasteiger partial charge in [0.05, 0.1) is 27.3 Å². The molecule has 0 spiro atoms. The molecular weight excluding hydrogens is 392 g/mol. The number of pyridine rings is 1. The van der Waals surface area contributed by atoms with Crippen LogP contribution in [0.1, 0.15) is 21.5 Å². The molecule has 1 amide bonds. The van der Waals surface area contributed by atoms with Crippen molar-refractivity contribution in [2.45, 2.75) is 6.92 Å². The molecule has 158 valence electrons. The number of nitrogens with one attached hydrogen (secondary N) is 1. The van der Waals surface area contributed by atoms with Crippen LogP contribution in [0.5, 0.6) is 11.5 Å². The van der Waals surface area contributed by atoms with E-state index < -0.39 is 0 Å². The molecule has 7 heteroatoms. The Morgan fingerprint density at radius 3 is 2.29 bits per heavy atom. The highest BCUT2D eigenvalue weighted by molar-refractivity contribution is 5.95. The van der Waals surface area contributed by atoms with Crippen molar-refractivity contribution in [3.05, 3.63) is 59.2 Å². The van der Waals surface area contributed by atoms with Gasteiger partial charge in [-0.15, -0.1) is 0 Å². The zero-order valence-electron chi connectivity index (χ0n) is 17.9. The van der Waals surface area contributed by atoms with E-state index in [-0.39, 0.29) is 5.91 Å². The third-order valence-electron chi connectivity index (χ3n) is 5.62. The number of aromatic amines is 1. The van der Waals surface area contributed by atoms with Crippen molar-refractivity contribution in [1.29, 1.82) is 5.26 Å². The van der Waals surface area contributed by atoms with Gasteiger partial charge in [0.25, 0.3) is 11.7 Å². The average molecular weight is 417 g/mol. The molecule has 1 saturated heterocycles. The summed E-state index contributed by atoms with van der Waals surface area (Å²) in [6.45, 7) is 4.43. The Morgan fingerprint density at radius 2 is 1.68 bits per heavy atom. The molecule has 7 nitrogen and oxygen atoms in total. The fourth-order valence-electron chi connectivity index (χ4n) is 3.90. The maximum absolute atomic E-state index is 13.1. The van der Waals surface area contributed by atoms with Gasteiger partial charge in [-0.3, -0.25) is 9.69 Å². The van der Waals surface area contributed by atoms with Gasteiger partial charge in [-0.05, 0) is 36.8 Å². The van der Waals surface area contributed by atoms with Gasteiger partial charge in [0.15, 0.2) is 0 Å². The van der Waals surface area contributed by atoms with Crippen LogP contribution in [-0.2, 0) is 0 Å². The van der Waals surface area contributed by atoms with Crippen molar-refractivity contribution in [1.82, 2.24) is 4.90 Å². The predicted molar refractivity (Wildman–Crippen MR) is 118 cm³/mol. The molecule has 31 heavy (non-hydrogen) atoms. The number of hydrogen-bond acceptors (Lipinski definition) is 5. The first-order chi connectivity index (χ1) is 15.0. The highest BCUT2D eigenvalue weighted by atomic mass is 16.5. The van der Waals surface area contributed by atoms with Gasteiger partial charge in [0.1, 0.15) is 41.7 Å². The van der Waals surface area contributed by atoms with Gasteiger partial charge in [-0.25, -0.2) is 4.98 Å². The molecule has 2 heterocycles. The smallest absolute Gasteiger partial charge is 0.293 e. The van der Waals surface area contributed by atoms with Crippen LogP contribution in [0.25, 0.3) is 10.9 Å². The maximum atomic E-state index is 13.1. The van der Waals surface area contributed by atoms with E-state index >= 15 is 0 Å². The molecule has 1 fully saturated rings. The summed E-state index contributed by atoms with van der Waals surface area (Å²) in [4.78, 5) is 20.4. The number of rotatable bonds is 4. The van der Waals surface area contributed by atoms with Crippen molar-refractivity contribution in [3.8, 4) is 17.6 Å². The molecule has 0 bridgehead atoms. The second-order valence-electron chi connectivity index (χ2n) is 7.61. The molecule has 0 radical (unpaired) electrons.